The number of para-hydroxylation sites is 1. The van der Waals surface area contributed by atoms with Crippen LogP contribution < -0.4 is 15.0 Å². The Balaban J connectivity index is 1.52. The van der Waals surface area contributed by atoms with Gasteiger partial charge in [-0.2, -0.15) is 22.9 Å². The Morgan fingerprint density at radius 3 is 2.50 bits per heavy atom. The highest BCUT2D eigenvalue weighted by atomic mass is 19.4. The summed E-state index contributed by atoms with van der Waals surface area (Å²) in [6.45, 7) is 0.111. The number of hydrogen-bond donors (Lipinski definition) is 0. The lowest BCUT2D eigenvalue weighted by atomic mass is 10.1. The molecule has 40 heavy (non-hydrogen) atoms. The van der Waals surface area contributed by atoms with Crippen LogP contribution in [0.1, 0.15) is 16.7 Å². The fourth-order valence-electron chi connectivity index (χ4n) is 4.05. The van der Waals surface area contributed by atoms with Crippen LogP contribution in [-0.4, -0.2) is 23.0 Å². The fourth-order valence-corrected chi connectivity index (χ4v) is 4.05. The maximum absolute atomic E-state index is 13.5. The topological polar surface area (TPSA) is 65.7 Å². The number of methoxy groups -OCH3 is 1. The monoisotopic (exact) mass is 547 g/mol. The summed E-state index contributed by atoms with van der Waals surface area (Å²) >= 11 is 0. The average Bonchev–Trinajstić information content (AvgIpc) is 2.95. The van der Waals surface area contributed by atoms with Crippen LogP contribution in [0.2, 0.25) is 0 Å². The Morgan fingerprint density at radius 1 is 0.925 bits per heavy atom. The smallest absolute Gasteiger partial charge is 0.416 e. The van der Waals surface area contributed by atoms with Crippen LogP contribution >= 0.6 is 0 Å². The van der Waals surface area contributed by atoms with Gasteiger partial charge in [-0.25, -0.2) is 9.37 Å². The van der Waals surface area contributed by atoms with Gasteiger partial charge in [0.25, 0.3) is 5.56 Å². The van der Waals surface area contributed by atoms with E-state index in [4.69, 9.17) is 9.47 Å². The first-order chi connectivity index (χ1) is 19.2. The lowest BCUT2D eigenvalue weighted by Gasteiger charge is -2.13. The van der Waals surface area contributed by atoms with Crippen LogP contribution in [-0.2, 0) is 12.8 Å². The van der Waals surface area contributed by atoms with Gasteiger partial charge in [-0.3, -0.25) is 4.79 Å². The van der Waals surface area contributed by atoms with Crippen molar-refractivity contribution < 1.29 is 27.0 Å². The van der Waals surface area contributed by atoms with Crippen molar-refractivity contribution >= 4 is 17.1 Å². The molecule has 10 heteroatoms. The SMILES string of the molecule is COc1cc(C=Nn2c(-c3cccc(C(F)(F)F)c3)nc3ccccc3c2=O)ccc1OCc1cccc(F)c1. The molecule has 5 aromatic rings. The normalized spacial score (nSPS) is 11.7. The Hall–Kier alpha value is -4.99. The molecule has 1 heterocycles. The molecule has 0 aliphatic rings. The van der Waals surface area contributed by atoms with Crippen LogP contribution in [0.15, 0.2) is 101 Å². The number of benzene rings is 4. The van der Waals surface area contributed by atoms with Crippen LogP contribution in [0, 0.1) is 5.82 Å². The highest BCUT2D eigenvalue weighted by Gasteiger charge is 2.31. The lowest BCUT2D eigenvalue weighted by Crippen LogP contribution is -2.20. The third-order valence-electron chi connectivity index (χ3n) is 6.00. The minimum Gasteiger partial charge on any atom is -0.493 e. The standard InChI is InChI=1S/C30H21F4N3O3/c1-39-27-15-19(12-13-26(27)40-18-20-6-4-9-23(31)14-20)17-35-37-28(21-7-5-8-22(16-21)30(32,33)34)36-25-11-3-2-10-24(25)29(37)38/h2-17H,18H2,1H3. The van der Waals surface area contributed by atoms with Crippen LogP contribution in [0.25, 0.3) is 22.3 Å². The van der Waals surface area contributed by atoms with Crippen molar-refractivity contribution in [2.75, 3.05) is 7.11 Å². The van der Waals surface area contributed by atoms with Crippen molar-refractivity contribution in [3.05, 3.63) is 124 Å². The Bertz CT molecular complexity index is 1780. The fraction of sp³-hybridized carbons (Fsp3) is 0.100. The number of fused-ring (bicyclic) bond motifs is 1. The summed E-state index contributed by atoms with van der Waals surface area (Å²) in [4.78, 5) is 17.8. The van der Waals surface area contributed by atoms with Gasteiger partial charge in [0.15, 0.2) is 17.3 Å². The molecule has 0 spiro atoms. The van der Waals surface area contributed by atoms with Gasteiger partial charge in [-0.1, -0.05) is 36.4 Å². The molecular formula is C30H21F4N3O3. The first kappa shape index (κ1) is 26.6. The Kier molecular flexibility index (Phi) is 7.33. The van der Waals surface area contributed by atoms with E-state index in [9.17, 15) is 22.4 Å². The molecule has 0 atom stereocenters. The first-order valence-electron chi connectivity index (χ1n) is 12.0. The molecule has 4 aromatic carbocycles. The summed E-state index contributed by atoms with van der Waals surface area (Å²) < 4.78 is 65.8. The van der Waals surface area contributed by atoms with Gasteiger partial charge in [-0.15, -0.1) is 0 Å². The van der Waals surface area contributed by atoms with E-state index in [1.807, 2.05) is 0 Å². The van der Waals surface area contributed by atoms with Crippen molar-refractivity contribution in [3.8, 4) is 22.9 Å². The number of nitrogens with zero attached hydrogens (tertiary/aromatic N) is 3. The second-order valence-corrected chi connectivity index (χ2v) is 8.72. The van der Waals surface area contributed by atoms with E-state index in [1.54, 1.807) is 54.6 Å². The molecule has 6 nitrogen and oxygen atoms in total. The van der Waals surface area contributed by atoms with E-state index in [-0.39, 0.29) is 29.2 Å². The summed E-state index contributed by atoms with van der Waals surface area (Å²) in [6, 6.07) is 22.0. The molecule has 0 saturated carbocycles. The number of alkyl halides is 3. The number of ether oxygens (including phenoxy) is 2. The number of aromatic nitrogens is 2. The van der Waals surface area contributed by atoms with E-state index in [0.717, 1.165) is 16.8 Å². The zero-order chi connectivity index (χ0) is 28.3. The van der Waals surface area contributed by atoms with Gasteiger partial charge in [0.05, 0.1) is 29.8 Å². The largest absolute Gasteiger partial charge is 0.493 e. The van der Waals surface area contributed by atoms with E-state index in [2.05, 4.69) is 10.1 Å². The zero-order valence-electron chi connectivity index (χ0n) is 21.0. The second kappa shape index (κ2) is 11.0. The summed E-state index contributed by atoms with van der Waals surface area (Å²) in [5, 5.41) is 4.56. The molecule has 0 fully saturated rings. The first-order valence-corrected chi connectivity index (χ1v) is 12.0. The third-order valence-corrected chi connectivity index (χ3v) is 6.00. The van der Waals surface area contributed by atoms with Crippen molar-refractivity contribution in [1.82, 2.24) is 9.66 Å². The molecule has 0 unspecified atom stereocenters. The predicted octanol–water partition coefficient (Wildman–Crippen LogP) is 6.69. The molecule has 0 aliphatic heterocycles. The summed E-state index contributed by atoms with van der Waals surface area (Å²) in [6.07, 6.45) is -3.20. The minimum absolute atomic E-state index is 0.0481. The molecule has 1 aromatic heterocycles. The van der Waals surface area contributed by atoms with Gasteiger partial charge in [0.1, 0.15) is 12.4 Å². The van der Waals surface area contributed by atoms with Crippen LogP contribution in [0.3, 0.4) is 0 Å². The molecule has 0 bridgehead atoms. The molecule has 0 aliphatic carbocycles. The van der Waals surface area contributed by atoms with Gasteiger partial charge in [0, 0.05) is 5.56 Å². The molecule has 0 saturated heterocycles. The highest BCUT2D eigenvalue weighted by Crippen LogP contribution is 2.32. The number of hydrogen-bond acceptors (Lipinski definition) is 5. The lowest BCUT2D eigenvalue weighted by molar-refractivity contribution is -0.137. The van der Waals surface area contributed by atoms with E-state index < -0.39 is 17.3 Å². The third kappa shape index (κ3) is 5.70. The molecule has 0 radical (unpaired) electrons. The average molecular weight is 548 g/mol. The zero-order valence-corrected chi connectivity index (χ0v) is 21.0. The van der Waals surface area contributed by atoms with Crippen molar-refractivity contribution in [2.24, 2.45) is 5.10 Å². The van der Waals surface area contributed by atoms with Gasteiger partial charge >= 0.3 is 6.18 Å². The quantitative estimate of drug-likeness (QED) is 0.168. The number of rotatable bonds is 7. The predicted molar refractivity (Wildman–Crippen MR) is 143 cm³/mol. The number of halogens is 4. The van der Waals surface area contributed by atoms with Crippen molar-refractivity contribution in [1.29, 1.82) is 0 Å². The highest BCUT2D eigenvalue weighted by molar-refractivity contribution is 5.82. The van der Waals surface area contributed by atoms with Crippen LogP contribution in [0.4, 0.5) is 17.6 Å². The maximum Gasteiger partial charge on any atom is 0.416 e. The minimum atomic E-state index is -4.57. The second-order valence-electron chi connectivity index (χ2n) is 8.72. The van der Waals surface area contributed by atoms with Crippen molar-refractivity contribution in [2.45, 2.75) is 12.8 Å². The Labute approximate surface area is 225 Å². The van der Waals surface area contributed by atoms with E-state index in [0.29, 0.717) is 28.1 Å². The van der Waals surface area contributed by atoms with Gasteiger partial charge < -0.3 is 9.47 Å². The summed E-state index contributed by atoms with van der Waals surface area (Å²) in [5.41, 5.74) is 0.141. The maximum atomic E-state index is 13.5. The Morgan fingerprint density at radius 2 is 1.73 bits per heavy atom. The molecule has 0 N–H and O–H groups in total. The molecular weight excluding hydrogens is 526 g/mol. The molecule has 5 rings (SSSR count). The van der Waals surface area contributed by atoms with Gasteiger partial charge in [-0.05, 0) is 65.7 Å². The van der Waals surface area contributed by atoms with Crippen molar-refractivity contribution in [3.63, 3.8) is 0 Å². The summed E-state index contributed by atoms with van der Waals surface area (Å²) in [7, 11) is 1.45. The van der Waals surface area contributed by atoms with E-state index in [1.165, 1.54) is 37.6 Å². The molecule has 0 amide bonds. The van der Waals surface area contributed by atoms with E-state index >= 15 is 0 Å². The molecule has 202 valence electrons. The van der Waals surface area contributed by atoms with Crippen LogP contribution in [0.5, 0.6) is 11.5 Å². The summed E-state index contributed by atoms with van der Waals surface area (Å²) in [5.74, 6) is 0.344. The van der Waals surface area contributed by atoms with Gasteiger partial charge in [0.2, 0.25) is 0 Å².